The average molecular weight is 451 g/mol. The van der Waals surface area contributed by atoms with E-state index in [0.717, 1.165) is 11.1 Å². The van der Waals surface area contributed by atoms with Gasteiger partial charge in [-0.1, -0.05) is 36.0 Å². The van der Waals surface area contributed by atoms with E-state index in [2.05, 4.69) is 19.9 Å². The van der Waals surface area contributed by atoms with Gasteiger partial charge in [-0.25, -0.2) is 14.4 Å². The number of benzene rings is 2. The molecule has 5 rings (SSSR count). The highest BCUT2D eigenvalue weighted by molar-refractivity contribution is 7.99. The van der Waals surface area contributed by atoms with Gasteiger partial charge in [0, 0.05) is 10.9 Å². The van der Waals surface area contributed by atoms with E-state index in [4.69, 9.17) is 0 Å². The number of rotatable bonds is 4. The number of nitrogens with zero attached hydrogens (tertiary/aromatic N) is 2. The van der Waals surface area contributed by atoms with Crippen LogP contribution in [0.2, 0.25) is 0 Å². The summed E-state index contributed by atoms with van der Waals surface area (Å²) in [5.74, 6) is 0.179. The van der Waals surface area contributed by atoms with Crippen molar-refractivity contribution >= 4 is 44.2 Å². The van der Waals surface area contributed by atoms with Gasteiger partial charge in [0.2, 0.25) is 0 Å². The van der Waals surface area contributed by atoms with Crippen LogP contribution >= 0.6 is 23.1 Å². The minimum Gasteiger partial charge on any atom is -0.309 e. The van der Waals surface area contributed by atoms with Crippen molar-refractivity contribution in [1.82, 2.24) is 19.9 Å². The summed E-state index contributed by atoms with van der Waals surface area (Å²) in [5, 5.41) is 3.05. The van der Waals surface area contributed by atoms with Gasteiger partial charge in [-0.05, 0) is 36.8 Å². The summed E-state index contributed by atoms with van der Waals surface area (Å²) in [6.07, 6.45) is 0. The van der Waals surface area contributed by atoms with E-state index in [0.29, 0.717) is 32.1 Å². The van der Waals surface area contributed by atoms with Crippen LogP contribution in [0.5, 0.6) is 0 Å². The Morgan fingerprint density at radius 3 is 2.58 bits per heavy atom. The molecule has 0 fully saturated rings. The lowest BCUT2D eigenvalue weighted by atomic mass is 10.1. The maximum atomic E-state index is 13.2. The second-order valence-corrected chi connectivity index (χ2v) is 9.12. The van der Waals surface area contributed by atoms with E-state index in [1.807, 2.05) is 18.4 Å². The zero-order chi connectivity index (χ0) is 21.5. The van der Waals surface area contributed by atoms with Gasteiger partial charge < -0.3 is 9.97 Å². The second-order valence-electron chi connectivity index (χ2n) is 6.94. The van der Waals surface area contributed by atoms with Crippen molar-refractivity contribution < 1.29 is 4.39 Å². The number of aromatic amines is 2. The Bertz CT molecular complexity index is 1540. The number of hydrogen-bond acceptors (Lipinski definition) is 6. The topological polar surface area (TPSA) is 91.5 Å². The first-order valence-corrected chi connectivity index (χ1v) is 11.2. The number of aromatic nitrogens is 4. The molecule has 0 aliphatic rings. The molecule has 9 heteroatoms. The van der Waals surface area contributed by atoms with Crippen LogP contribution in [-0.2, 0) is 0 Å². The van der Waals surface area contributed by atoms with Crippen molar-refractivity contribution in [2.75, 3.05) is 0 Å². The van der Waals surface area contributed by atoms with Crippen molar-refractivity contribution in [1.29, 1.82) is 0 Å². The first kappa shape index (κ1) is 19.7. The SMILES string of the molecule is C[C@H](Sc1nc2scc(-c3ccc(F)cc3)c2c(=O)[nH]1)c1nc2ccccc2c(=O)[nH]1. The Morgan fingerprint density at radius 2 is 1.77 bits per heavy atom. The van der Waals surface area contributed by atoms with Crippen LogP contribution in [-0.4, -0.2) is 19.9 Å². The number of fused-ring (bicyclic) bond motifs is 2. The van der Waals surface area contributed by atoms with Crippen molar-refractivity contribution in [2.45, 2.75) is 17.3 Å². The maximum absolute atomic E-state index is 13.2. The van der Waals surface area contributed by atoms with E-state index in [-0.39, 0.29) is 22.2 Å². The molecule has 3 heterocycles. The summed E-state index contributed by atoms with van der Waals surface area (Å²) in [6, 6.07) is 13.2. The Kier molecular flexibility index (Phi) is 4.91. The number of hydrogen-bond donors (Lipinski definition) is 2. The fourth-order valence-electron chi connectivity index (χ4n) is 3.35. The molecule has 0 aliphatic heterocycles. The molecular formula is C22H15FN4O2S2. The fraction of sp³-hybridized carbons (Fsp3) is 0.0909. The Hall–Kier alpha value is -3.30. The number of para-hydroxylation sites is 1. The summed E-state index contributed by atoms with van der Waals surface area (Å²) >= 11 is 2.66. The molecule has 1 atom stereocenters. The van der Waals surface area contributed by atoms with Crippen molar-refractivity contribution in [3.63, 3.8) is 0 Å². The third kappa shape index (κ3) is 3.66. The molecule has 0 spiro atoms. The van der Waals surface area contributed by atoms with Gasteiger partial charge in [0.25, 0.3) is 11.1 Å². The molecule has 2 aromatic carbocycles. The summed E-state index contributed by atoms with van der Waals surface area (Å²) in [6.45, 7) is 1.89. The van der Waals surface area contributed by atoms with E-state index < -0.39 is 0 Å². The first-order valence-electron chi connectivity index (χ1n) is 9.42. The molecule has 0 aliphatic carbocycles. The lowest BCUT2D eigenvalue weighted by molar-refractivity contribution is 0.628. The molecule has 0 unspecified atom stereocenters. The third-order valence-electron chi connectivity index (χ3n) is 4.88. The standard InChI is InChI=1S/C22H15FN4O2S2/c1-11(18-24-16-5-3-2-4-14(16)19(28)25-18)31-22-26-20(29)17-15(10-30-21(17)27-22)12-6-8-13(23)9-7-12/h2-11H,1H3,(H,24,25,28)(H,26,27,29)/t11-/m0/s1. The van der Waals surface area contributed by atoms with Gasteiger partial charge in [0.15, 0.2) is 5.16 Å². The minimum atomic E-state index is -0.330. The van der Waals surface area contributed by atoms with Crippen LogP contribution < -0.4 is 11.1 Å². The van der Waals surface area contributed by atoms with Crippen LogP contribution in [0, 0.1) is 5.82 Å². The largest absolute Gasteiger partial charge is 0.309 e. The smallest absolute Gasteiger partial charge is 0.260 e. The minimum absolute atomic E-state index is 0.202. The molecule has 5 aromatic rings. The number of nitrogens with one attached hydrogen (secondary N) is 2. The average Bonchev–Trinajstić information content (AvgIpc) is 3.19. The van der Waals surface area contributed by atoms with Crippen LogP contribution in [0.25, 0.3) is 32.2 Å². The summed E-state index contributed by atoms with van der Waals surface area (Å²) in [4.78, 5) is 40.5. The van der Waals surface area contributed by atoms with Crippen molar-refractivity contribution in [2.24, 2.45) is 0 Å². The van der Waals surface area contributed by atoms with Gasteiger partial charge in [-0.3, -0.25) is 9.59 Å². The van der Waals surface area contributed by atoms with Gasteiger partial charge in [-0.2, -0.15) is 0 Å². The predicted octanol–water partition coefficient (Wildman–Crippen LogP) is 4.88. The number of thioether (sulfide) groups is 1. The molecule has 0 saturated heterocycles. The van der Waals surface area contributed by atoms with E-state index in [1.165, 1.54) is 35.2 Å². The number of thiophene rings is 1. The summed E-state index contributed by atoms with van der Waals surface area (Å²) < 4.78 is 13.2. The predicted molar refractivity (Wildman–Crippen MR) is 122 cm³/mol. The van der Waals surface area contributed by atoms with E-state index >= 15 is 0 Å². The van der Waals surface area contributed by atoms with Crippen LogP contribution in [0.1, 0.15) is 18.0 Å². The van der Waals surface area contributed by atoms with E-state index in [1.54, 1.807) is 30.3 Å². The normalized spacial score (nSPS) is 12.5. The van der Waals surface area contributed by atoms with Crippen molar-refractivity contribution in [3.05, 3.63) is 86.3 Å². The molecule has 0 bridgehead atoms. The van der Waals surface area contributed by atoms with Crippen LogP contribution in [0.3, 0.4) is 0 Å². The van der Waals surface area contributed by atoms with Crippen LogP contribution in [0.15, 0.2) is 68.7 Å². The van der Waals surface area contributed by atoms with Gasteiger partial charge in [0.1, 0.15) is 16.5 Å². The highest BCUT2D eigenvalue weighted by Crippen LogP contribution is 2.34. The lowest BCUT2D eigenvalue weighted by Gasteiger charge is -2.10. The quantitative estimate of drug-likeness (QED) is 0.301. The Balaban J connectivity index is 1.49. The maximum Gasteiger partial charge on any atom is 0.260 e. The summed E-state index contributed by atoms with van der Waals surface area (Å²) in [5.41, 5.74) is 1.63. The van der Waals surface area contributed by atoms with Gasteiger partial charge >= 0.3 is 0 Å². The molecule has 0 radical (unpaired) electrons. The van der Waals surface area contributed by atoms with Gasteiger partial charge in [0.05, 0.1) is 21.5 Å². The number of H-pyrrole nitrogens is 2. The lowest BCUT2D eigenvalue weighted by Crippen LogP contribution is -2.13. The highest BCUT2D eigenvalue weighted by Gasteiger charge is 2.17. The molecule has 154 valence electrons. The fourth-order valence-corrected chi connectivity index (χ4v) is 5.21. The van der Waals surface area contributed by atoms with Crippen LogP contribution in [0.4, 0.5) is 4.39 Å². The zero-order valence-corrected chi connectivity index (χ0v) is 17.8. The Labute approximate surface area is 183 Å². The second kappa shape index (κ2) is 7.75. The third-order valence-corrected chi connectivity index (χ3v) is 6.75. The molecule has 3 aromatic heterocycles. The molecule has 0 amide bonds. The summed E-state index contributed by atoms with van der Waals surface area (Å²) in [7, 11) is 0. The molecule has 31 heavy (non-hydrogen) atoms. The van der Waals surface area contributed by atoms with Gasteiger partial charge in [-0.15, -0.1) is 11.3 Å². The molecular weight excluding hydrogens is 435 g/mol. The number of halogens is 1. The Morgan fingerprint density at radius 1 is 1.00 bits per heavy atom. The zero-order valence-electron chi connectivity index (χ0n) is 16.2. The highest BCUT2D eigenvalue weighted by atomic mass is 32.2. The van der Waals surface area contributed by atoms with E-state index in [9.17, 15) is 14.0 Å². The molecule has 6 nitrogen and oxygen atoms in total. The molecule has 0 saturated carbocycles. The molecule has 2 N–H and O–H groups in total. The van der Waals surface area contributed by atoms with Crippen molar-refractivity contribution in [3.8, 4) is 11.1 Å². The monoisotopic (exact) mass is 450 g/mol. The first-order chi connectivity index (χ1) is 15.0.